The highest BCUT2D eigenvalue weighted by atomic mass is 35.5. The Morgan fingerprint density at radius 3 is 2.70 bits per heavy atom. The summed E-state index contributed by atoms with van der Waals surface area (Å²) < 4.78 is 39.3. The van der Waals surface area contributed by atoms with Gasteiger partial charge in [-0.05, 0) is 30.3 Å². The molecule has 120 valence electrons. The third kappa shape index (κ3) is 3.08. The Kier molecular flexibility index (Phi) is 4.09. The first-order valence-electron chi connectivity index (χ1n) is 6.73. The fourth-order valence-corrected chi connectivity index (χ4v) is 3.86. The van der Waals surface area contributed by atoms with E-state index in [1.807, 2.05) is 24.3 Å². The summed E-state index contributed by atoms with van der Waals surface area (Å²) in [6.45, 7) is 0.0463. The summed E-state index contributed by atoms with van der Waals surface area (Å²) in [6, 6.07) is 10.6. The number of hydrogen-bond donors (Lipinski definition) is 1. The van der Waals surface area contributed by atoms with E-state index in [2.05, 4.69) is 9.97 Å². The SMILES string of the molecule is CN(Cc1nc2ccccc2[nH]1)S(=O)(=O)c1ccc(F)cc1Cl. The molecule has 3 rings (SSSR count). The van der Waals surface area contributed by atoms with Crippen molar-refractivity contribution in [3.05, 3.63) is 59.1 Å². The van der Waals surface area contributed by atoms with Gasteiger partial charge in [0.05, 0.1) is 22.6 Å². The molecule has 0 aliphatic heterocycles. The second-order valence-electron chi connectivity index (χ2n) is 5.04. The van der Waals surface area contributed by atoms with Crippen molar-refractivity contribution < 1.29 is 12.8 Å². The average molecular weight is 354 g/mol. The van der Waals surface area contributed by atoms with Crippen LogP contribution < -0.4 is 0 Å². The van der Waals surface area contributed by atoms with Crippen molar-refractivity contribution in [2.75, 3.05) is 7.05 Å². The summed E-state index contributed by atoms with van der Waals surface area (Å²) in [5, 5.41) is -0.151. The molecule has 0 fully saturated rings. The van der Waals surface area contributed by atoms with Crippen molar-refractivity contribution in [3.63, 3.8) is 0 Å². The van der Waals surface area contributed by atoms with E-state index in [1.54, 1.807) is 0 Å². The van der Waals surface area contributed by atoms with Gasteiger partial charge >= 0.3 is 0 Å². The molecule has 8 heteroatoms. The zero-order valence-electron chi connectivity index (χ0n) is 12.1. The van der Waals surface area contributed by atoms with E-state index in [1.165, 1.54) is 7.05 Å². The lowest BCUT2D eigenvalue weighted by molar-refractivity contribution is 0.458. The van der Waals surface area contributed by atoms with Gasteiger partial charge in [-0.2, -0.15) is 4.31 Å². The van der Waals surface area contributed by atoms with E-state index in [9.17, 15) is 12.8 Å². The summed E-state index contributed by atoms with van der Waals surface area (Å²) in [4.78, 5) is 7.27. The molecule has 0 atom stereocenters. The Morgan fingerprint density at radius 1 is 1.26 bits per heavy atom. The molecular weight excluding hydrogens is 341 g/mol. The number of para-hydroxylation sites is 2. The number of imidazole rings is 1. The minimum Gasteiger partial charge on any atom is -0.341 e. The van der Waals surface area contributed by atoms with Crippen LogP contribution in [0.15, 0.2) is 47.4 Å². The number of benzene rings is 2. The molecule has 1 aromatic heterocycles. The lowest BCUT2D eigenvalue weighted by Crippen LogP contribution is -2.27. The minimum atomic E-state index is -3.85. The van der Waals surface area contributed by atoms with Crippen LogP contribution in [0.5, 0.6) is 0 Å². The predicted molar refractivity (Wildman–Crippen MR) is 86.2 cm³/mol. The number of H-pyrrole nitrogens is 1. The normalized spacial score (nSPS) is 12.2. The molecule has 1 N–H and O–H groups in total. The maximum Gasteiger partial charge on any atom is 0.244 e. The Morgan fingerprint density at radius 2 is 2.00 bits per heavy atom. The third-order valence-electron chi connectivity index (χ3n) is 3.39. The lowest BCUT2D eigenvalue weighted by atomic mass is 10.3. The molecule has 5 nitrogen and oxygen atoms in total. The van der Waals surface area contributed by atoms with Crippen LogP contribution in [0.25, 0.3) is 11.0 Å². The van der Waals surface area contributed by atoms with E-state index in [-0.39, 0.29) is 16.5 Å². The van der Waals surface area contributed by atoms with E-state index in [0.717, 1.165) is 33.5 Å². The van der Waals surface area contributed by atoms with Gasteiger partial charge in [0.1, 0.15) is 16.5 Å². The molecule has 0 radical (unpaired) electrons. The summed E-state index contributed by atoms with van der Waals surface area (Å²) in [5.74, 6) is -0.0793. The van der Waals surface area contributed by atoms with E-state index >= 15 is 0 Å². The molecule has 3 aromatic rings. The Balaban J connectivity index is 1.90. The Hall–Kier alpha value is -1.96. The maximum atomic E-state index is 13.1. The van der Waals surface area contributed by atoms with Gasteiger partial charge in [0.2, 0.25) is 10.0 Å². The molecule has 0 bridgehead atoms. The van der Waals surface area contributed by atoms with Gasteiger partial charge in [-0.3, -0.25) is 0 Å². The predicted octanol–water partition coefficient (Wildman–Crippen LogP) is 3.18. The monoisotopic (exact) mass is 353 g/mol. The van der Waals surface area contributed by atoms with E-state index in [0.29, 0.717) is 5.82 Å². The fourth-order valence-electron chi connectivity index (χ4n) is 2.23. The molecule has 0 aliphatic rings. The molecule has 0 aliphatic carbocycles. The van der Waals surface area contributed by atoms with Crippen LogP contribution in [0.2, 0.25) is 5.02 Å². The van der Waals surface area contributed by atoms with Crippen molar-refractivity contribution in [3.8, 4) is 0 Å². The number of halogens is 2. The van der Waals surface area contributed by atoms with Gasteiger partial charge in [-0.15, -0.1) is 0 Å². The summed E-state index contributed by atoms with van der Waals surface area (Å²) in [6.07, 6.45) is 0. The first-order valence-corrected chi connectivity index (χ1v) is 8.55. The zero-order valence-corrected chi connectivity index (χ0v) is 13.7. The smallest absolute Gasteiger partial charge is 0.244 e. The zero-order chi connectivity index (χ0) is 16.6. The Bertz CT molecular complexity index is 939. The average Bonchev–Trinajstić information content (AvgIpc) is 2.88. The lowest BCUT2D eigenvalue weighted by Gasteiger charge is -2.16. The molecule has 0 saturated carbocycles. The highest BCUT2D eigenvalue weighted by Gasteiger charge is 2.24. The van der Waals surface area contributed by atoms with Crippen LogP contribution in [0, 0.1) is 5.82 Å². The van der Waals surface area contributed by atoms with Crippen molar-refractivity contribution in [1.82, 2.24) is 14.3 Å². The van der Waals surface area contributed by atoms with Gasteiger partial charge in [0, 0.05) is 7.05 Å². The molecule has 23 heavy (non-hydrogen) atoms. The van der Waals surface area contributed by atoms with Crippen LogP contribution in [-0.4, -0.2) is 29.7 Å². The number of nitrogens with zero attached hydrogens (tertiary/aromatic N) is 2. The fraction of sp³-hybridized carbons (Fsp3) is 0.133. The first kappa shape index (κ1) is 15.9. The third-order valence-corrected chi connectivity index (χ3v) is 5.68. The van der Waals surface area contributed by atoms with Crippen molar-refractivity contribution in [2.24, 2.45) is 0 Å². The van der Waals surface area contributed by atoms with Gasteiger partial charge < -0.3 is 4.98 Å². The molecule has 0 spiro atoms. The number of aromatic nitrogens is 2. The van der Waals surface area contributed by atoms with Gasteiger partial charge in [0.15, 0.2) is 0 Å². The second kappa shape index (κ2) is 5.92. The van der Waals surface area contributed by atoms with Crippen LogP contribution in [0.3, 0.4) is 0 Å². The first-order chi connectivity index (χ1) is 10.9. The molecular formula is C15H13ClFN3O2S. The van der Waals surface area contributed by atoms with Gasteiger partial charge in [-0.1, -0.05) is 23.7 Å². The number of hydrogen-bond acceptors (Lipinski definition) is 3. The maximum absolute atomic E-state index is 13.1. The standard InChI is InChI=1S/C15H13ClFN3O2S/c1-20(9-15-18-12-4-2-3-5-13(12)19-15)23(21,22)14-7-6-10(17)8-11(14)16/h2-8H,9H2,1H3,(H,18,19). The molecule has 1 heterocycles. The molecule has 0 saturated heterocycles. The minimum absolute atomic E-state index is 0.0463. The van der Waals surface area contributed by atoms with Gasteiger partial charge in [0.25, 0.3) is 0 Å². The van der Waals surface area contributed by atoms with Gasteiger partial charge in [-0.25, -0.2) is 17.8 Å². The van der Waals surface area contributed by atoms with Crippen molar-refractivity contribution in [1.29, 1.82) is 0 Å². The Labute approximate surface area is 137 Å². The highest BCUT2D eigenvalue weighted by molar-refractivity contribution is 7.89. The molecule has 2 aromatic carbocycles. The molecule has 0 unspecified atom stereocenters. The van der Waals surface area contributed by atoms with Crippen molar-refractivity contribution in [2.45, 2.75) is 11.4 Å². The summed E-state index contributed by atoms with van der Waals surface area (Å²) in [5.41, 5.74) is 1.58. The van der Waals surface area contributed by atoms with E-state index in [4.69, 9.17) is 11.6 Å². The van der Waals surface area contributed by atoms with Crippen LogP contribution >= 0.6 is 11.6 Å². The van der Waals surface area contributed by atoms with Crippen LogP contribution in [0.4, 0.5) is 4.39 Å². The topological polar surface area (TPSA) is 66.1 Å². The van der Waals surface area contributed by atoms with Crippen LogP contribution in [0.1, 0.15) is 5.82 Å². The number of aromatic amines is 1. The van der Waals surface area contributed by atoms with Crippen LogP contribution in [-0.2, 0) is 16.6 Å². The van der Waals surface area contributed by atoms with E-state index < -0.39 is 15.8 Å². The molecule has 0 amide bonds. The number of sulfonamides is 1. The quantitative estimate of drug-likeness (QED) is 0.783. The number of fused-ring (bicyclic) bond motifs is 1. The highest BCUT2D eigenvalue weighted by Crippen LogP contribution is 2.25. The summed E-state index contributed by atoms with van der Waals surface area (Å²) >= 11 is 5.86. The van der Waals surface area contributed by atoms with Crippen molar-refractivity contribution >= 4 is 32.7 Å². The largest absolute Gasteiger partial charge is 0.341 e. The number of nitrogens with one attached hydrogen (secondary N) is 1. The number of rotatable bonds is 4. The second-order valence-corrected chi connectivity index (χ2v) is 7.46. The summed E-state index contributed by atoms with van der Waals surface area (Å²) in [7, 11) is -2.43.